The number of hydrogen-bond acceptors (Lipinski definition) is 8. The fourth-order valence-electron chi connectivity index (χ4n) is 6.36. The van der Waals surface area contributed by atoms with Gasteiger partial charge in [-0.1, -0.05) is 30.3 Å². The number of carbonyl (C=O) groups is 2. The van der Waals surface area contributed by atoms with Crippen molar-refractivity contribution in [3.63, 3.8) is 0 Å². The van der Waals surface area contributed by atoms with Gasteiger partial charge in [-0.3, -0.25) is 19.0 Å². The Bertz CT molecular complexity index is 1500. The van der Waals surface area contributed by atoms with Gasteiger partial charge in [-0.2, -0.15) is 0 Å². The molecular formula is C34H47N7O4. The molecule has 2 fully saturated rings. The topological polar surface area (TPSA) is 137 Å². The highest BCUT2D eigenvalue weighted by Gasteiger charge is 2.36. The van der Waals surface area contributed by atoms with E-state index in [0.29, 0.717) is 68.5 Å². The molecule has 2 saturated heterocycles. The number of rotatable bonds is 12. The second kappa shape index (κ2) is 15.1. The maximum absolute atomic E-state index is 13.5. The van der Waals surface area contributed by atoms with E-state index in [2.05, 4.69) is 27.1 Å². The Balaban J connectivity index is 1.16. The maximum Gasteiger partial charge on any atom is 0.261 e. The van der Waals surface area contributed by atoms with Gasteiger partial charge in [0.2, 0.25) is 11.8 Å². The molecular weight excluding hydrogens is 570 g/mol. The van der Waals surface area contributed by atoms with Gasteiger partial charge in [-0.15, -0.1) is 0 Å². The van der Waals surface area contributed by atoms with Gasteiger partial charge < -0.3 is 30.9 Å². The molecule has 1 atom stereocenters. The van der Waals surface area contributed by atoms with Crippen LogP contribution in [0.15, 0.2) is 59.7 Å². The molecule has 2 amide bonds. The molecule has 2 aromatic carbocycles. The number of aromatic nitrogens is 2. The highest BCUT2D eigenvalue weighted by Crippen LogP contribution is 2.27. The molecule has 0 spiro atoms. The summed E-state index contributed by atoms with van der Waals surface area (Å²) in [7, 11) is 2.11. The number of nitrogens with one attached hydrogen (secondary N) is 1. The molecule has 2 aliphatic rings. The predicted molar refractivity (Wildman–Crippen MR) is 176 cm³/mol. The van der Waals surface area contributed by atoms with E-state index in [1.54, 1.807) is 18.2 Å². The van der Waals surface area contributed by atoms with E-state index in [-0.39, 0.29) is 29.8 Å². The number of nitrogens with zero attached hydrogens (tertiary/aromatic N) is 5. The Morgan fingerprint density at radius 3 is 2.49 bits per heavy atom. The normalized spacial score (nSPS) is 18.2. The van der Waals surface area contributed by atoms with Crippen LogP contribution in [0.25, 0.3) is 10.9 Å². The van der Waals surface area contributed by atoms with Gasteiger partial charge in [0.1, 0.15) is 0 Å². The summed E-state index contributed by atoms with van der Waals surface area (Å²) < 4.78 is 1.45. The average molecular weight is 618 g/mol. The number of likely N-dealkylation sites (N-methyl/N-ethyl adjacent to an activating group) is 1. The number of piperazine rings is 1. The summed E-state index contributed by atoms with van der Waals surface area (Å²) in [4.78, 5) is 50.3. The highest BCUT2D eigenvalue weighted by molar-refractivity contribution is 5.93. The van der Waals surface area contributed by atoms with Gasteiger partial charge in [0.05, 0.1) is 29.4 Å². The summed E-state index contributed by atoms with van der Waals surface area (Å²) >= 11 is 0. The van der Waals surface area contributed by atoms with Crippen LogP contribution < -0.4 is 16.6 Å². The number of piperidine rings is 1. The zero-order valence-corrected chi connectivity index (χ0v) is 26.4. The molecule has 5 rings (SSSR count). The van der Waals surface area contributed by atoms with E-state index in [1.807, 2.05) is 35.2 Å². The minimum Gasteiger partial charge on any atom is -0.388 e. The van der Waals surface area contributed by atoms with Crippen LogP contribution in [0.3, 0.4) is 0 Å². The first kappa shape index (κ1) is 32.7. The maximum atomic E-state index is 13.5. The van der Waals surface area contributed by atoms with Crippen molar-refractivity contribution in [3.8, 4) is 0 Å². The Labute approximate surface area is 265 Å². The van der Waals surface area contributed by atoms with Crippen molar-refractivity contribution in [1.29, 1.82) is 0 Å². The van der Waals surface area contributed by atoms with Crippen LogP contribution in [-0.4, -0.2) is 106 Å². The number of fused-ring (bicyclic) bond motifs is 1. The lowest BCUT2D eigenvalue weighted by Gasteiger charge is -2.39. The SMILES string of the molecule is CN1CCN(CCC(=O)Nc2ccc3c(=O)n(CC4(O)CCN(C(=O)C(CCCN)Cc5ccccc5)CC4)cnc3c2)CC1. The van der Waals surface area contributed by atoms with Crippen LogP contribution >= 0.6 is 0 Å². The third kappa shape index (κ3) is 8.76. The summed E-state index contributed by atoms with van der Waals surface area (Å²) in [5.74, 6) is -0.123. The smallest absolute Gasteiger partial charge is 0.261 e. The van der Waals surface area contributed by atoms with Crippen molar-refractivity contribution in [3.05, 3.63) is 70.8 Å². The fourth-order valence-corrected chi connectivity index (χ4v) is 6.36. The Kier molecular flexibility index (Phi) is 11.0. The molecule has 3 aromatic rings. The van der Waals surface area contributed by atoms with Gasteiger partial charge in [0, 0.05) is 63.8 Å². The fraction of sp³-hybridized carbons (Fsp3) is 0.529. The Morgan fingerprint density at radius 2 is 1.78 bits per heavy atom. The molecule has 11 heteroatoms. The van der Waals surface area contributed by atoms with E-state index < -0.39 is 5.60 Å². The first-order chi connectivity index (χ1) is 21.7. The minimum atomic E-state index is -1.13. The largest absolute Gasteiger partial charge is 0.388 e. The van der Waals surface area contributed by atoms with Crippen LogP contribution in [0.1, 0.15) is 37.7 Å². The Morgan fingerprint density at radius 1 is 1.04 bits per heavy atom. The van der Waals surface area contributed by atoms with Crippen molar-refractivity contribution in [2.24, 2.45) is 11.7 Å². The van der Waals surface area contributed by atoms with E-state index in [4.69, 9.17) is 5.73 Å². The number of carbonyl (C=O) groups excluding carboxylic acids is 2. The van der Waals surface area contributed by atoms with Gasteiger partial charge in [-0.05, 0) is 69.5 Å². The molecule has 0 aliphatic carbocycles. The van der Waals surface area contributed by atoms with Crippen molar-refractivity contribution in [1.82, 2.24) is 24.3 Å². The van der Waals surface area contributed by atoms with Crippen LogP contribution in [-0.2, 0) is 22.6 Å². The molecule has 4 N–H and O–H groups in total. The molecule has 3 heterocycles. The lowest BCUT2D eigenvalue weighted by atomic mass is 9.88. The second-order valence-corrected chi connectivity index (χ2v) is 12.7. The summed E-state index contributed by atoms with van der Waals surface area (Å²) in [6.45, 7) is 6.16. The Hall–Kier alpha value is -3.64. The number of aliphatic hydroxyl groups is 1. The number of benzene rings is 2. The van der Waals surface area contributed by atoms with E-state index in [1.165, 1.54) is 10.9 Å². The molecule has 45 heavy (non-hydrogen) atoms. The number of amides is 2. The van der Waals surface area contributed by atoms with E-state index in [9.17, 15) is 19.5 Å². The lowest BCUT2D eigenvalue weighted by molar-refractivity contribution is -0.140. The van der Waals surface area contributed by atoms with Gasteiger partial charge in [0.15, 0.2) is 0 Å². The van der Waals surface area contributed by atoms with Gasteiger partial charge in [-0.25, -0.2) is 4.98 Å². The summed E-state index contributed by atoms with van der Waals surface area (Å²) in [6.07, 6.45) is 4.78. The molecule has 1 aromatic heterocycles. The number of nitrogens with two attached hydrogens (primary N) is 1. The summed E-state index contributed by atoms with van der Waals surface area (Å²) in [5, 5.41) is 14.8. The third-order valence-electron chi connectivity index (χ3n) is 9.26. The van der Waals surface area contributed by atoms with Gasteiger partial charge >= 0.3 is 0 Å². The molecule has 11 nitrogen and oxygen atoms in total. The van der Waals surface area contributed by atoms with Crippen LogP contribution in [0, 0.1) is 5.92 Å². The first-order valence-electron chi connectivity index (χ1n) is 16.2. The number of hydrogen-bond donors (Lipinski definition) is 3. The molecule has 0 bridgehead atoms. The third-order valence-corrected chi connectivity index (χ3v) is 9.26. The van der Waals surface area contributed by atoms with Crippen molar-refractivity contribution < 1.29 is 14.7 Å². The zero-order valence-electron chi connectivity index (χ0n) is 26.4. The van der Waals surface area contributed by atoms with E-state index >= 15 is 0 Å². The van der Waals surface area contributed by atoms with Crippen LogP contribution in [0.2, 0.25) is 0 Å². The van der Waals surface area contributed by atoms with Gasteiger partial charge in [0.25, 0.3) is 5.56 Å². The summed E-state index contributed by atoms with van der Waals surface area (Å²) in [6, 6.07) is 15.1. The molecule has 0 saturated carbocycles. The summed E-state index contributed by atoms with van der Waals surface area (Å²) in [5.41, 5.74) is 6.60. The minimum absolute atomic E-state index is 0.0700. The highest BCUT2D eigenvalue weighted by atomic mass is 16.3. The lowest BCUT2D eigenvalue weighted by Crippen LogP contribution is -2.51. The quantitative estimate of drug-likeness (QED) is 0.281. The van der Waals surface area contributed by atoms with Crippen molar-refractivity contribution in [2.75, 3.05) is 64.7 Å². The van der Waals surface area contributed by atoms with Crippen LogP contribution in [0.4, 0.5) is 5.69 Å². The molecule has 2 aliphatic heterocycles. The standard InChI is InChI=1S/C34H47N7O4/c1-38-18-20-39(21-19-38)15-11-31(42)37-28-9-10-29-30(23-28)36-25-41(33(29)44)24-34(45)12-16-40(17-13-34)32(43)27(8-5-14-35)22-26-6-3-2-4-7-26/h2-4,6-7,9-10,23,25,27,45H,5,8,11-22,24,35H2,1H3,(H,37,42). The average Bonchev–Trinajstić information content (AvgIpc) is 3.04. The van der Waals surface area contributed by atoms with Crippen molar-refractivity contribution in [2.45, 2.75) is 50.7 Å². The molecule has 1 unspecified atom stereocenters. The first-order valence-corrected chi connectivity index (χ1v) is 16.2. The zero-order chi connectivity index (χ0) is 31.8. The number of likely N-dealkylation sites (tertiary alicyclic amines) is 1. The van der Waals surface area contributed by atoms with E-state index in [0.717, 1.165) is 44.6 Å². The molecule has 242 valence electrons. The predicted octanol–water partition coefficient (Wildman–Crippen LogP) is 1.92. The number of anilines is 1. The van der Waals surface area contributed by atoms with Crippen molar-refractivity contribution >= 4 is 28.4 Å². The van der Waals surface area contributed by atoms with Crippen LogP contribution in [0.5, 0.6) is 0 Å². The monoisotopic (exact) mass is 617 g/mol. The second-order valence-electron chi connectivity index (χ2n) is 12.7. The molecule has 0 radical (unpaired) electrons.